The lowest BCUT2D eigenvalue weighted by atomic mass is 9.92. The van der Waals surface area contributed by atoms with Crippen LogP contribution in [0.4, 0.5) is 5.69 Å². The van der Waals surface area contributed by atoms with E-state index in [1.807, 2.05) is 0 Å². The number of anilines is 1. The number of hydrogen-bond acceptors (Lipinski definition) is 3. The van der Waals surface area contributed by atoms with Crippen LogP contribution in [0.25, 0.3) is 0 Å². The highest BCUT2D eigenvalue weighted by molar-refractivity contribution is 5.45. The fourth-order valence-electron chi connectivity index (χ4n) is 2.47. The molecule has 0 aromatic carbocycles. The summed E-state index contributed by atoms with van der Waals surface area (Å²) in [4.78, 5) is 4.05. The second kappa shape index (κ2) is 3.81. The minimum absolute atomic E-state index is 0.559. The number of pyridine rings is 1. The van der Waals surface area contributed by atoms with Gasteiger partial charge in [0.15, 0.2) is 0 Å². The molecule has 1 fully saturated rings. The van der Waals surface area contributed by atoms with Crippen LogP contribution in [-0.4, -0.2) is 15.7 Å². The number of nitrogens with two attached hydrogens (primary N) is 1. The molecule has 0 amide bonds. The van der Waals surface area contributed by atoms with E-state index in [2.05, 4.69) is 11.9 Å². The summed E-state index contributed by atoms with van der Waals surface area (Å²) >= 11 is 0. The smallest absolute Gasteiger partial charge is 0.0692 e. The zero-order valence-electron chi connectivity index (χ0n) is 9.11. The van der Waals surface area contributed by atoms with Crippen LogP contribution in [0, 0.1) is 5.92 Å². The molecule has 1 aromatic heterocycles. The van der Waals surface area contributed by atoms with Crippen LogP contribution < -0.4 is 5.73 Å². The predicted octanol–water partition coefficient (Wildman–Crippen LogP) is 1.76. The molecular weight excluding hydrogens is 188 g/mol. The first-order valence-corrected chi connectivity index (χ1v) is 5.50. The van der Waals surface area contributed by atoms with Crippen molar-refractivity contribution < 1.29 is 5.11 Å². The summed E-state index contributed by atoms with van der Waals surface area (Å²) in [5.74, 6) is 0.618. The maximum atomic E-state index is 10.4. The van der Waals surface area contributed by atoms with Crippen LogP contribution in [0.2, 0.25) is 0 Å². The Bertz CT molecular complexity index is 353. The van der Waals surface area contributed by atoms with Gasteiger partial charge >= 0.3 is 0 Å². The van der Waals surface area contributed by atoms with E-state index in [9.17, 15) is 5.11 Å². The van der Waals surface area contributed by atoms with Crippen LogP contribution in [0.3, 0.4) is 0 Å². The average Bonchev–Trinajstić information content (AvgIpc) is 2.51. The van der Waals surface area contributed by atoms with Gasteiger partial charge in [0.1, 0.15) is 0 Å². The normalized spacial score (nSPS) is 30.7. The maximum absolute atomic E-state index is 10.4. The lowest BCUT2D eigenvalue weighted by molar-refractivity contribution is 0.0447. The molecule has 0 aliphatic heterocycles. The topological polar surface area (TPSA) is 59.1 Å². The summed E-state index contributed by atoms with van der Waals surface area (Å²) in [6.45, 7) is 2.19. The van der Waals surface area contributed by atoms with Gasteiger partial charge in [-0.15, -0.1) is 0 Å². The van der Waals surface area contributed by atoms with E-state index in [1.165, 1.54) is 0 Å². The van der Waals surface area contributed by atoms with Crippen molar-refractivity contribution in [2.45, 2.75) is 38.2 Å². The molecule has 1 heterocycles. The van der Waals surface area contributed by atoms with E-state index in [1.54, 1.807) is 18.5 Å². The standard InChI is InChI=1S/C12H18N2O/c1-9-2-4-12(15,6-9)7-10-8-14-5-3-11(10)13/h3,5,8-9,15H,2,4,6-7H2,1H3,(H2,13,14). The van der Waals surface area contributed by atoms with Crippen LogP contribution in [0.15, 0.2) is 18.5 Å². The first kappa shape index (κ1) is 10.4. The molecule has 1 aliphatic carbocycles. The van der Waals surface area contributed by atoms with Crippen molar-refractivity contribution in [2.24, 2.45) is 5.92 Å². The molecule has 0 spiro atoms. The summed E-state index contributed by atoms with van der Waals surface area (Å²) in [6, 6.07) is 1.79. The number of hydrogen-bond donors (Lipinski definition) is 2. The predicted molar refractivity (Wildman–Crippen MR) is 60.3 cm³/mol. The fourth-order valence-corrected chi connectivity index (χ4v) is 2.47. The molecule has 82 valence electrons. The SMILES string of the molecule is CC1CCC(O)(Cc2cnccc2N)C1. The van der Waals surface area contributed by atoms with E-state index >= 15 is 0 Å². The third-order valence-corrected chi connectivity index (χ3v) is 3.29. The van der Waals surface area contributed by atoms with E-state index in [0.29, 0.717) is 12.3 Å². The minimum atomic E-state index is -0.559. The number of rotatable bonds is 2. The fraction of sp³-hybridized carbons (Fsp3) is 0.583. The van der Waals surface area contributed by atoms with E-state index < -0.39 is 5.60 Å². The largest absolute Gasteiger partial charge is 0.398 e. The molecule has 3 nitrogen and oxygen atoms in total. The molecule has 2 unspecified atom stereocenters. The Hall–Kier alpha value is -1.09. The Morgan fingerprint density at radius 3 is 3.07 bits per heavy atom. The van der Waals surface area contributed by atoms with Gasteiger partial charge in [-0.1, -0.05) is 6.92 Å². The van der Waals surface area contributed by atoms with Gasteiger partial charge in [-0.3, -0.25) is 4.98 Å². The molecular formula is C12H18N2O. The molecule has 15 heavy (non-hydrogen) atoms. The van der Waals surface area contributed by atoms with Gasteiger partial charge < -0.3 is 10.8 Å². The van der Waals surface area contributed by atoms with Crippen molar-refractivity contribution >= 4 is 5.69 Å². The summed E-state index contributed by atoms with van der Waals surface area (Å²) in [7, 11) is 0. The Kier molecular flexibility index (Phi) is 2.65. The van der Waals surface area contributed by atoms with Gasteiger partial charge in [0.25, 0.3) is 0 Å². The molecule has 0 bridgehead atoms. The van der Waals surface area contributed by atoms with Crippen molar-refractivity contribution in [1.29, 1.82) is 0 Å². The Labute approximate surface area is 90.3 Å². The van der Waals surface area contributed by atoms with Gasteiger partial charge in [-0.2, -0.15) is 0 Å². The van der Waals surface area contributed by atoms with Crippen LogP contribution in [0.5, 0.6) is 0 Å². The summed E-state index contributed by atoms with van der Waals surface area (Å²) in [6.07, 6.45) is 6.94. The van der Waals surface area contributed by atoms with Gasteiger partial charge in [0, 0.05) is 24.5 Å². The lowest BCUT2D eigenvalue weighted by Gasteiger charge is -2.23. The second-order valence-corrected chi connectivity index (χ2v) is 4.82. The first-order valence-electron chi connectivity index (χ1n) is 5.50. The molecule has 0 radical (unpaired) electrons. The highest BCUT2D eigenvalue weighted by atomic mass is 16.3. The van der Waals surface area contributed by atoms with Gasteiger partial charge in [-0.25, -0.2) is 0 Å². The van der Waals surface area contributed by atoms with Crippen LogP contribution in [-0.2, 0) is 6.42 Å². The second-order valence-electron chi connectivity index (χ2n) is 4.82. The van der Waals surface area contributed by atoms with Crippen molar-refractivity contribution in [3.05, 3.63) is 24.0 Å². The van der Waals surface area contributed by atoms with Gasteiger partial charge in [0.05, 0.1) is 5.60 Å². The Balaban J connectivity index is 2.12. The Morgan fingerprint density at radius 1 is 1.67 bits per heavy atom. The molecule has 1 aliphatic rings. The quantitative estimate of drug-likeness (QED) is 0.775. The molecule has 0 saturated heterocycles. The van der Waals surface area contributed by atoms with E-state index in [4.69, 9.17) is 5.73 Å². The third-order valence-electron chi connectivity index (χ3n) is 3.29. The average molecular weight is 206 g/mol. The third kappa shape index (κ3) is 2.29. The van der Waals surface area contributed by atoms with E-state index in [-0.39, 0.29) is 0 Å². The Morgan fingerprint density at radius 2 is 2.47 bits per heavy atom. The molecule has 3 heteroatoms. The summed E-state index contributed by atoms with van der Waals surface area (Å²) in [5.41, 5.74) is 6.98. The van der Waals surface area contributed by atoms with Gasteiger partial charge in [-0.05, 0) is 36.8 Å². The summed E-state index contributed by atoms with van der Waals surface area (Å²) < 4.78 is 0. The molecule has 2 rings (SSSR count). The number of aliphatic hydroxyl groups is 1. The molecule has 1 saturated carbocycles. The summed E-state index contributed by atoms with van der Waals surface area (Å²) in [5, 5.41) is 10.4. The number of aromatic nitrogens is 1. The molecule has 3 N–H and O–H groups in total. The molecule has 2 atom stereocenters. The number of nitrogen functional groups attached to an aromatic ring is 1. The van der Waals surface area contributed by atoms with Crippen LogP contribution in [0.1, 0.15) is 31.7 Å². The van der Waals surface area contributed by atoms with Crippen molar-refractivity contribution in [1.82, 2.24) is 4.98 Å². The minimum Gasteiger partial charge on any atom is -0.398 e. The number of nitrogens with zero attached hydrogens (tertiary/aromatic N) is 1. The van der Waals surface area contributed by atoms with Gasteiger partial charge in [0.2, 0.25) is 0 Å². The van der Waals surface area contributed by atoms with Crippen LogP contribution >= 0.6 is 0 Å². The maximum Gasteiger partial charge on any atom is 0.0692 e. The lowest BCUT2D eigenvalue weighted by Crippen LogP contribution is -2.28. The zero-order valence-corrected chi connectivity index (χ0v) is 9.11. The monoisotopic (exact) mass is 206 g/mol. The van der Waals surface area contributed by atoms with E-state index in [0.717, 1.165) is 30.5 Å². The highest BCUT2D eigenvalue weighted by Crippen LogP contribution is 2.37. The van der Waals surface area contributed by atoms with Crippen molar-refractivity contribution in [3.63, 3.8) is 0 Å². The molecule has 1 aromatic rings. The van der Waals surface area contributed by atoms with Crippen molar-refractivity contribution in [2.75, 3.05) is 5.73 Å². The first-order chi connectivity index (χ1) is 7.09. The highest BCUT2D eigenvalue weighted by Gasteiger charge is 2.35. The zero-order chi connectivity index (χ0) is 10.9. The van der Waals surface area contributed by atoms with Crippen molar-refractivity contribution in [3.8, 4) is 0 Å².